The molecule has 4 aliphatic rings. The van der Waals surface area contributed by atoms with E-state index in [9.17, 15) is 9.59 Å². The second kappa shape index (κ2) is 7.26. The maximum absolute atomic E-state index is 12.6. The molecule has 3 aliphatic carbocycles. The molecule has 0 bridgehead atoms. The Kier molecular flexibility index (Phi) is 5.03. The summed E-state index contributed by atoms with van der Waals surface area (Å²) in [7, 11) is 0. The van der Waals surface area contributed by atoms with Gasteiger partial charge in [-0.15, -0.1) is 0 Å². The van der Waals surface area contributed by atoms with Gasteiger partial charge in [0.25, 0.3) is 0 Å². The summed E-state index contributed by atoms with van der Waals surface area (Å²) in [6.45, 7) is 6.03. The summed E-state index contributed by atoms with van der Waals surface area (Å²) in [5.74, 6) is 3.04. The minimum atomic E-state index is 0.163. The quantitative estimate of drug-likeness (QED) is 0.845. The van der Waals surface area contributed by atoms with Crippen LogP contribution in [0.25, 0.3) is 0 Å². The van der Waals surface area contributed by atoms with E-state index in [-0.39, 0.29) is 5.91 Å². The van der Waals surface area contributed by atoms with Gasteiger partial charge < -0.3 is 10.2 Å². The van der Waals surface area contributed by atoms with Gasteiger partial charge in [-0.25, -0.2) is 0 Å². The van der Waals surface area contributed by atoms with E-state index in [2.05, 4.69) is 22.0 Å². The van der Waals surface area contributed by atoms with E-state index in [4.69, 9.17) is 0 Å². The van der Waals surface area contributed by atoms with Crippen molar-refractivity contribution in [1.82, 2.24) is 15.1 Å². The number of hydrogen-bond donors (Lipinski definition) is 1. The van der Waals surface area contributed by atoms with Crippen molar-refractivity contribution in [3.63, 3.8) is 0 Å². The first-order chi connectivity index (χ1) is 12.1. The normalized spacial score (nSPS) is 38.3. The average Bonchev–Trinajstić information content (AvgIpc) is 3.06. The molecule has 0 aromatic heterocycles. The lowest BCUT2D eigenvalue weighted by molar-refractivity contribution is -0.135. The maximum Gasteiger partial charge on any atom is 0.234 e. The minimum Gasteiger partial charge on any atom is -0.352 e. The lowest BCUT2D eigenvalue weighted by Crippen LogP contribution is -2.52. The number of carbonyl (C=O) groups excluding carboxylic acids is 2. The number of fused-ring (bicyclic) bond motifs is 1. The highest BCUT2D eigenvalue weighted by Gasteiger charge is 2.57. The van der Waals surface area contributed by atoms with E-state index in [1.165, 1.54) is 32.1 Å². The Bertz CT molecular complexity index is 505. The summed E-state index contributed by atoms with van der Waals surface area (Å²) >= 11 is 0. The highest BCUT2D eigenvalue weighted by atomic mass is 16.2. The van der Waals surface area contributed by atoms with Crippen molar-refractivity contribution >= 4 is 11.8 Å². The Labute approximate surface area is 151 Å². The highest BCUT2D eigenvalue weighted by molar-refractivity contribution is 5.83. The predicted molar refractivity (Wildman–Crippen MR) is 96.9 cm³/mol. The van der Waals surface area contributed by atoms with Gasteiger partial charge in [-0.2, -0.15) is 0 Å². The van der Waals surface area contributed by atoms with Crippen LogP contribution in [0.5, 0.6) is 0 Å². The number of amides is 2. The third-order valence-corrected chi connectivity index (χ3v) is 7.04. The molecule has 0 aromatic rings. The lowest BCUT2D eigenvalue weighted by Gasteiger charge is -2.35. The van der Waals surface area contributed by atoms with Crippen LogP contribution in [0.4, 0.5) is 0 Å². The number of nitrogens with zero attached hydrogens (tertiary/aromatic N) is 2. The SMILES string of the molecule is C[C@@H]1CCC[C@H](NC(=O)CN2CCN(C(=O)C3[C@H]4CCC[C@@H]34)CC2)C1. The molecular weight excluding hydrogens is 314 g/mol. The second-order valence-electron chi connectivity index (χ2n) is 8.92. The molecule has 2 amide bonds. The van der Waals surface area contributed by atoms with Crippen molar-refractivity contribution in [2.45, 2.75) is 57.9 Å². The molecule has 0 spiro atoms. The number of piperazine rings is 1. The summed E-state index contributed by atoms with van der Waals surface area (Å²) in [4.78, 5) is 29.2. The number of rotatable bonds is 4. The van der Waals surface area contributed by atoms with Crippen LogP contribution in [0, 0.1) is 23.7 Å². The Hall–Kier alpha value is -1.10. The summed E-state index contributed by atoms with van der Waals surface area (Å²) in [6.07, 6.45) is 8.63. The van der Waals surface area contributed by atoms with E-state index >= 15 is 0 Å². The molecule has 4 rings (SSSR count). The van der Waals surface area contributed by atoms with Crippen molar-refractivity contribution in [2.24, 2.45) is 23.7 Å². The molecule has 4 fully saturated rings. The molecule has 1 N–H and O–H groups in total. The Morgan fingerprint density at radius 2 is 1.64 bits per heavy atom. The van der Waals surface area contributed by atoms with E-state index in [1.54, 1.807) is 0 Å². The number of nitrogens with one attached hydrogen (secondary N) is 1. The van der Waals surface area contributed by atoms with Crippen LogP contribution in [0.15, 0.2) is 0 Å². The van der Waals surface area contributed by atoms with Gasteiger partial charge in [0, 0.05) is 38.1 Å². The second-order valence-corrected chi connectivity index (χ2v) is 8.92. The molecule has 0 aromatic carbocycles. The first-order valence-electron chi connectivity index (χ1n) is 10.4. The maximum atomic E-state index is 12.6. The first-order valence-corrected chi connectivity index (χ1v) is 10.4. The fourth-order valence-corrected chi connectivity index (χ4v) is 5.57. The van der Waals surface area contributed by atoms with Gasteiger partial charge in [-0.3, -0.25) is 14.5 Å². The molecule has 3 saturated carbocycles. The van der Waals surface area contributed by atoms with Crippen molar-refractivity contribution in [3.8, 4) is 0 Å². The summed E-state index contributed by atoms with van der Waals surface area (Å²) in [6, 6.07) is 0.369. The van der Waals surface area contributed by atoms with Crippen molar-refractivity contribution < 1.29 is 9.59 Å². The summed E-state index contributed by atoms with van der Waals surface area (Å²) < 4.78 is 0. The fourth-order valence-electron chi connectivity index (χ4n) is 5.57. The fraction of sp³-hybridized carbons (Fsp3) is 0.900. The van der Waals surface area contributed by atoms with Crippen molar-refractivity contribution in [3.05, 3.63) is 0 Å². The van der Waals surface area contributed by atoms with E-state index in [0.29, 0.717) is 36.2 Å². The molecule has 1 aliphatic heterocycles. The Balaban J connectivity index is 1.17. The summed E-state index contributed by atoms with van der Waals surface area (Å²) in [5, 5.41) is 3.22. The van der Waals surface area contributed by atoms with E-state index < -0.39 is 0 Å². The molecule has 140 valence electrons. The average molecular weight is 348 g/mol. The molecular formula is C20H33N3O2. The van der Waals surface area contributed by atoms with Gasteiger partial charge in [0.15, 0.2) is 0 Å². The minimum absolute atomic E-state index is 0.163. The predicted octanol–water partition coefficient (Wildman–Crippen LogP) is 1.87. The van der Waals surface area contributed by atoms with Gasteiger partial charge >= 0.3 is 0 Å². The van der Waals surface area contributed by atoms with Crippen LogP contribution in [0.1, 0.15) is 51.9 Å². The topological polar surface area (TPSA) is 52.7 Å². The molecule has 1 unspecified atom stereocenters. The first kappa shape index (κ1) is 17.3. The van der Waals surface area contributed by atoms with Gasteiger partial charge in [0.2, 0.25) is 11.8 Å². The van der Waals surface area contributed by atoms with Crippen molar-refractivity contribution in [1.29, 1.82) is 0 Å². The third kappa shape index (κ3) is 3.86. The largest absolute Gasteiger partial charge is 0.352 e. The smallest absolute Gasteiger partial charge is 0.234 e. The van der Waals surface area contributed by atoms with Crippen molar-refractivity contribution in [2.75, 3.05) is 32.7 Å². The highest BCUT2D eigenvalue weighted by Crippen LogP contribution is 2.58. The Morgan fingerprint density at radius 1 is 0.960 bits per heavy atom. The lowest BCUT2D eigenvalue weighted by atomic mass is 9.87. The monoisotopic (exact) mass is 347 g/mol. The third-order valence-electron chi connectivity index (χ3n) is 7.04. The summed E-state index contributed by atoms with van der Waals surface area (Å²) in [5.41, 5.74) is 0. The van der Waals surface area contributed by atoms with Crippen LogP contribution in [0.3, 0.4) is 0 Å². The molecule has 5 nitrogen and oxygen atoms in total. The zero-order valence-electron chi connectivity index (χ0n) is 15.6. The van der Waals surface area contributed by atoms with Gasteiger partial charge in [-0.05, 0) is 43.4 Å². The molecule has 1 saturated heterocycles. The molecule has 25 heavy (non-hydrogen) atoms. The molecule has 5 atom stereocenters. The van der Waals surface area contributed by atoms with Crippen LogP contribution < -0.4 is 5.32 Å². The van der Waals surface area contributed by atoms with Gasteiger partial charge in [0.1, 0.15) is 0 Å². The van der Waals surface area contributed by atoms with Crippen LogP contribution in [-0.4, -0.2) is 60.4 Å². The zero-order chi connectivity index (χ0) is 17.4. The van der Waals surface area contributed by atoms with E-state index in [1.807, 2.05) is 0 Å². The van der Waals surface area contributed by atoms with Gasteiger partial charge in [-0.1, -0.05) is 26.2 Å². The molecule has 0 radical (unpaired) electrons. The number of hydrogen-bond acceptors (Lipinski definition) is 3. The van der Waals surface area contributed by atoms with E-state index in [0.717, 1.165) is 44.9 Å². The zero-order valence-corrected chi connectivity index (χ0v) is 15.6. The molecule has 1 heterocycles. The number of carbonyl (C=O) groups is 2. The van der Waals surface area contributed by atoms with Crippen LogP contribution >= 0.6 is 0 Å². The van der Waals surface area contributed by atoms with Crippen LogP contribution in [0.2, 0.25) is 0 Å². The Morgan fingerprint density at radius 3 is 2.32 bits per heavy atom. The molecule has 5 heteroatoms. The standard InChI is InChI=1S/C20H33N3O2/c1-14-4-2-5-15(12-14)21-18(24)13-22-8-10-23(11-9-22)20(25)19-16-6-3-7-17(16)19/h14-17,19H,2-13H2,1H3,(H,21,24)/t14-,15+,16-,17+,19?/m1/s1. The van der Waals surface area contributed by atoms with Crippen LogP contribution in [-0.2, 0) is 9.59 Å². The van der Waals surface area contributed by atoms with Gasteiger partial charge in [0.05, 0.1) is 6.54 Å².